The van der Waals surface area contributed by atoms with E-state index in [4.69, 9.17) is 32.4 Å². The van der Waals surface area contributed by atoms with Crippen molar-refractivity contribution in [1.29, 1.82) is 0 Å². The number of aromatic nitrogens is 3. The van der Waals surface area contributed by atoms with Gasteiger partial charge in [0.25, 0.3) is 6.47 Å². The number of halogens is 1. The minimum absolute atomic E-state index is 0. The Morgan fingerprint density at radius 3 is 2.23 bits per heavy atom. The molecule has 1 unspecified atom stereocenters. The zero-order valence-electron chi connectivity index (χ0n) is 21.8. The second-order valence-electron chi connectivity index (χ2n) is 8.89. The maximum Gasteiger partial charge on any atom is 1.00 e. The van der Waals surface area contributed by atoms with Gasteiger partial charge in [0.2, 0.25) is 0 Å². The van der Waals surface area contributed by atoms with Crippen LogP contribution in [0.1, 0.15) is 37.1 Å². The first-order valence-corrected chi connectivity index (χ1v) is 12.8. The number of nitrogen functional groups attached to an aromatic ring is 1. The van der Waals surface area contributed by atoms with E-state index >= 15 is 0 Å². The molecule has 0 saturated heterocycles. The van der Waals surface area contributed by atoms with Crippen LogP contribution < -0.4 is 40.5 Å². The Labute approximate surface area is 253 Å². The van der Waals surface area contributed by atoms with E-state index in [2.05, 4.69) is 50.8 Å². The number of ketones is 1. The summed E-state index contributed by atoms with van der Waals surface area (Å²) in [4.78, 5) is 30.5. The molecule has 0 bridgehead atoms. The molecule has 5 aromatic rings. The Balaban J connectivity index is 0.000000160. The summed E-state index contributed by atoms with van der Waals surface area (Å²) < 4.78 is 2.27. The maximum absolute atomic E-state index is 10.4. The van der Waals surface area contributed by atoms with E-state index in [0.29, 0.717) is 12.2 Å². The first kappa shape index (κ1) is 30.5. The first-order valence-electron chi connectivity index (χ1n) is 12.4. The van der Waals surface area contributed by atoms with Crippen molar-refractivity contribution in [2.75, 3.05) is 5.73 Å². The van der Waals surface area contributed by atoms with Crippen molar-refractivity contribution in [2.45, 2.75) is 43.9 Å². The number of anilines is 1. The van der Waals surface area contributed by atoms with Gasteiger partial charge < -0.3 is 20.3 Å². The second kappa shape index (κ2) is 15.0. The number of benzene rings is 2. The van der Waals surface area contributed by atoms with Crippen molar-refractivity contribution < 1.29 is 49.3 Å². The van der Waals surface area contributed by atoms with Crippen molar-refractivity contribution in [3.63, 3.8) is 0 Å². The van der Waals surface area contributed by atoms with Crippen molar-refractivity contribution in [1.82, 2.24) is 14.4 Å². The maximum atomic E-state index is 10.4. The summed E-state index contributed by atoms with van der Waals surface area (Å²) in [5.74, 6) is 0.824. The summed E-state index contributed by atoms with van der Waals surface area (Å²) in [5, 5.41) is 13.0. The Hall–Kier alpha value is -3.01. The second-order valence-corrected chi connectivity index (χ2v) is 9.42. The zero-order chi connectivity index (χ0) is 26.9. The fourth-order valence-electron chi connectivity index (χ4n) is 4.67. The number of carbonyl (C=O) groups is 2. The average Bonchev–Trinajstić information content (AvgIpc) is 3.66. The number of nitrogens with two attached hydrogens (primary N) is 1. The van der Waals surface area contributed by atoms with Crippen molar-refractivity contribution in [3.8, 4) is 0 Å². The van der Waals surface area contributed by atoms with Gasteiger partial charge in [0.05, 0.1) is 11.1 Å². The van der Waals surface area contributed by atoms with Gasteiger partial charge in [-0.1, -0.05) is 48.5 Å². The number of hydrogen-bond acceptors (Lipinski definition) is 7. The van der Waals surface area contributed by atoms with Crippen LogP contribution in [0.15, 0.2) is 73.1 Å². The normalized spacial score (nSPS) is 15.1. The Morgan fingerprint density at radius 2 is 1.64 bits per heavy atom. The third kappa shape index (κ3) is 7.56. The number of nitrogens with zero attached hydrogens (tertiary/aromatic N) is 3. The van der Waals surface area contributed by atoms with Crippen LogP contribution in [0.25, 0.3) is 27.2 Å². The molecule has 2 aliphatic carbocycles. The number of Topliss-reactive ketones (excluding diaryl/α,β-unsaturated/α-hetero) is 1. The van der Waals surface area contributed by atoms with Gasteiger partial charge in [-0.25, -0.2) is 9.97 Å². The topological polar surface area (TPSA) is 123 Å². The Kier molecular flexibility index (Phi) is 11.7. The molecule has 8 nitrogen and oxygen atoms in total. The molecule has 7 rings (SSSR count). The quantitative estimate of drug-likeness (QED) is 0.110. The smallest absolute Gasteiger partial charge is 0.662 e. The van der Waals surface area contributed by atoms with E-state index < -0.39 is 0 Å². The number of rotatable bonds is 1. The van der Waals surface area contributed by atoms with Gasteiger partial charge >= 0.3 is 29.6 Å². The summed E-state index contributed by atoms with van der Waals surface area (Å²) in [6.07, 6.45) is 10.0. The molecule has 0 amide bonds. The molecule has 1 atom stereocenters. The number of alkyl halides is 1. The molecule has 3 heterocycles. The molecule has 2 aliphatic rings. The molecule has 0 spiro atoms. The molecule has 2 aromatic carbocycles. The van der Waals surface area contributed by atoms with Gasteiger partial charge in [0, 0.05) is 35.3 Å². The standard InChI is InChI=1S/C14H12N2.C9H8N2.C5H7ClO.CH2O3.Na/c1-2-5-11-10(4-1)8-9-16-13-7-3-6-12(13)15-14(11)16;10-9-8-4-2-1-3-7(8)5-6-11-9;6-4-2-1-3-5(4)7;2-1-4-3;/h1-2,4-5,8-9H,3,6-7H2;1-6H,(H2,10,11);4H,1-3H2;1,3H;/q;;;;+1/p-1. The fraction of sp³-hybridized carbons (Fsp3) is 0.241. The van der Waals surface area contributed by atoms with Gasteiger partial charge in [-0.05, 0) is 55.0 Å². The third-order valence-electron chi connectivity index (χ3n) is 6.50. The third-order valence-corrected chi connectivity index (χ3v) is 6.96. The summed E-state index contributed by atoms with van der Waals surface area (Å²) in [6, 6.07) is 20.5. The SMILES string of the molecule is Nc1nccc2ccccc12.O=C1CCCC1Cl.O=CO[O-].[Na+].c1ccc2c(c1)ccn1c3c(nc21)CCC3. The van der Waals surface area contributed by atoms with Crippen molar-refractivity contribution in [3.05, 3.63) is 84.4 Å². The monoisotopic (exact) mass is 554 g/mol. The van der Waals surface area contributed by atoms with Crippen LogP contribution >= 0.6 is 11.6 Å². The van der Waals surface area contributed by atoms with Gasteiger partial charge in [-0.3, -0.25) is 9.59 Å². The molecule has 1 fully saturated rings. The van der Waals surface area contributed by atoms with Crippen LogP contribution in [0.4, 0.5) is 5.82 Å². The molecule has 1 saturated carbocycles. The van der Waals surface area contributed by atoms with E-state index in [9.17, 15) is 4.79 Å². The fourth-order valence-corrected chi connectivity index (χ4v) is 4.93. The zero-order valence-corrected chi connectivity index (χ0v) is 24.5. The molecule has 3 aromatic heterocycles. The van der Waals surface area contributed by atoms with Crippen LogP contribution in [0.3, 0.4) is 0 Å². The number of pyridine rings is 2. The van der Waals surface area contributed by atoms with Gasteiger partial charge in [0.1, 0.15) is 11.5 Å². The summed E-state index contributed by atoms with van der Waals surface area (Å²) in [6.45, 7) is -0.181. The molecule has 2 N–H and O–H groups in total. The number of imidazole rings is 1. The predicted molar refractivity (Wildman–Crippen MR) is 147 cm³/mol. The average molecular weight is 555 g/mol. The minimum Gasteiger partial charge on any atom is -0.662 e. The predicted octanol–water partition coefficient (Wildman–Crippen LogP) is 1.58. The first-order chi connectivity index (χ1) is 18.5. The van der Waals surface area contributed by atoms with Crippen molar-refractivity contribution in [2.24, 2.45) is 0 Å². The number of carbonyl (C=O) groups excluding carboxylic acids is 2. The van der Waals surface area contributed by atoms with Crippen LogP contribution in [-0.2, 0) is 27.3 Å². The number of fused-ring (bicyclic) bond motifs is 6. The van der Waals surface area contributed by atoms with E-state index in [1.54, 1.807) is 6.20 Å². The van der Waals surface area contributed by atoms with Crippen LogP contribution in [0, 0.1) is 0 Å². The van der Waals surface area contributed by atoms with E-state index in [1.807, 2.05) is 30.3 Å². The summed E-state index contributed by atoms with van der Waals surface area (Å²) >= 11 is 5.51. The van der Waals surface area contributed by atoms with Gasteiger partial charge in [-0.15, -0.1) is 11.6 Å². The van der Waals surface area contributed by atoms with Crippen LogP contribution in [0.5, 0.6) is 0 Å². The Morgan fingerprint density at radius 1 is 0.974 bits per heavy atom. The molecule has 39 heavy (non-hydrogen) atoms. The molecule has 0 aliphatic heterocycles. The van der Waals surface area contributed by atoms with Crippen LogP contribution in [0.2, 0.25) is 0 Å². The molecular formula is C29H28ClN4NaO4. The minimum atomic E-state index is -0.181. The summed E-state index contributed by atoms with van der Waals surface area (Å²) in [5.41, 5.74) is 9.49. The molecule has 0 radical (unpaired) electrons. The number of hydrogen-bond donors (Lipinski definition) is 1. The molecular weight excluding hydrogens is 527 g/mol. The van der Waals surface area contributed by atoms with Crippen molar-refractivity contribution >= 4 is 56.9 Å². The van der Waals surface area contributed by atoms with Crippen LogP contribution in [-0.4, -0.2) is 32.0 Å². The van der Waals surface area contributed by atoms with Gasteiger partial charge in [0.15, 0.2) is 5.78 Å². The largest absolute Gasteiger partial charge is 1.00 e. The van der Waals surface area contributed by atoms with E-state index in [-0.39, 0.29) is 47.2 Å². The van der Waals surface area contributed by atoms with E-state index in [0.717, 1.165) is 35.7 Å². The Bertz CT molecular complexity index is 1550. The summed E-state index contributed by atoms with van der Waals surface area (Å²) in [7, 11) is 0. The number of aryl methyl sites for hydroxylation is 2. The molecule has 10 heteroatoms. The van der Waals surface area contributed by atoms with Gasteiger partial charge in [-0.2, -0.15) is 0 Å². The van der Waals surface area contributed by atoms with E-state index in [1.165, 1.54) is 35.0 Å². The molecule has 196 valence electrons.